The fraction of sp³-hybridized carbons (Fsp3) is 0.273. The highest BCUT2D eigenvalue weighted by atomic mass is 16.5. The zero-order valence-corrected chi connectivity index (χ0v) is 17.9. The molecule has 0 aliphatic heterocycles. The predicted octanol–water partition coefficient (Wildman–Crippen LogP) is 3.18. The molecule has 2 aromatic rings. The number of amides is 2. The SMILES string of the molecule is COc1cccc(NC(=O)N(C)N)c1COc1ccc(C(=O)/C=C/N(C)C)cc1C. The lowest BCUT2D eigenvalue weighted by atomic mass is 10.1. The van der Waals surface area contributed by atoms with E-state index in [-0.39, 0.29) is 12.4 Å². The number of carbonyl (C=O) groups is 2. The van der Waals surface area contributed by atoms with E-state index in [2.05, 4.69) is 5.32 Å². The summed E-state index contributed by atoms with van der Waals surface area (Å²) < 4.78 is 11.4. The number of rotatable bonds is 8. The smallest absolute Gasteiger partial charge is 0.335 e. The number of hydrazine groups is 1. The minimum absolute atomic E-state index is 0.0843. The molecule has 3 N–H and O–H groups in total. The molecule has 8 nitrogen and oxygen atoms in total. The average Bonchev–Trinajstić information content (AvgIpc) is 2.71. The standard InChI is InChI=1S/C22H28N4O4/c1-15-13-16(19(27)11-12-25(2)3)9-10-20(15)30-14-17-18(24-22(28)26(4)23)7-6-8-21(17)29-5/h6-13H,14,23H2,1-5H3,(H,24,28)/b12-11+. The zero-order valence-electron chi connectivity index (χ0n) is 17.9. The maximum Gasteiger partial charge on any atom is 0.335 e. The Labute approximate surface area is 176 Å². The molecule has 0 bridgehead atoms. The number of hydrogen-bond acceptors (Lipinski definition) is 6. The Hall–Kier alpha value is -3.52. The van der Waals surface area contributed by atoms with Crippen LogP contribution in [0.1, 0.15) is 21.5 Å². The quantitative estimate of drug-likeness (QED) is 0.227. The summed E-state index contributed by atoms with van der Waals surface area (Å²) >= 11 is 0. The molecule has 0 saturated heterocycles. The number of methoxy groups -OCH3 is 1. The van der Waals surface area contributed by atoms with E-state index < -0.39 is 6.03 Å². The summed E-state index contributed by atoms with van der Waals surface area (Å²) in [5.41, 5.74) is 2.61. The fourth-order valence-electron chi connectivity index (χ4n) is 2.65. The van der Waals surface area contributed by atoms with Crippen molar-refractivity contribution in [1.82, 2.24) is 9.91 Å². The average molecular weight is 412 g/mol. The van der Waals surface area contributed by atoms with Crippen LogP contribution in [-0.2, 0) is 6.61 Å². The highest BCUT2D eigenvalue weighted by Crippen LogP contribution is 2.29. The highest BCUT2D eigenvalue weighted by Gasteiger charge is 2.15. The first-order valence-corrected chi connectivity index (χ1v) is 9.30. The number of aryl methyl sites for hydroxylation is 1. The first-order chi connectivity index (χ1) is 14.2. The molecule has 8 heteroatoms. The summed E-state index contributed by atoms with van der Waals surface area (Å²) in [6.45, 7) is 2.03. The molecule has 0 aliphatic carbocycles. The largest absolute Gasteiger partial charge is 0.496 e. The van der Waals surface area contributed by atoms with Crippen LogP contribution >= 0.6 is 0 Å². The van der Waals surface area contributed by atoms with Gasteiger partial charge in [-0.1, -0.05) is 6.07 Å². The number of ether oxygens (including phenoxy) is 2. The molecule has 0 fully saturated rings. The van der Waals surface area contributed by atoms with E-state index in [1.165, 1.54) is 13.1 Å². The summed E-state index contributed by atoms with van der Waals surface area (Å²) in [7, 11) is 6.70. The van der Waals surface area contributed by atoms with E-state index in [1.807, 2.05) is 21.0 Å². The van der Waals surface area contributed by atoms with Crippen molar-refractivity contribution in [2.75, 3.05) is 33.6 Å². The van der Waals surface area contributed by atoms with Crippen LogP contribution in [0, 0.1) is 6.92 Å². The van der Waals surface area contributed by atoms with Gasteiger partial charge in [-0.3, -0.25) is 9.80 Å². The first kappa shape index (κ1) is 22.8. The molecule has 30 heavy (non-hydrogen) atoms. The lowest BCUT2D eigenvalue weighted by Gasteiger charge is -2.18. The monoisotopic (exact) mass is 412 g/mol. The van der Waals surface area contributed by atoms with Gasteiger partial charge in [0.15, 0.2) is 5.78 Å². The lowest BCUT2D eigenvalue weighted by molar-refractivity contribution is 0.104. The number of nitrogens with one attached hydrogen (secondary N) is 1. The Kier molecular flexibility index (Phi) is 7.83. The minimum Gasteiger partial charge on any atom is -0.496 e. The van der Waals surface area contributed by atoms with Crippen LogP contribution in [0.5, 0.6) is 11.5 Å². The maximum atomic E-state index is 12.3. The van der Waals surface area contributed by atoms with Crippen LogP contribution in [0.25, 0.3) is 0 Å². The van der Waals surface area contributed by atoms with Gasteiger partial charge in [0.2, 0.25) is 0 Å². The van der Waals surface area contributed by atoms with Crippen molar-refractivity contribution in [3.8, 4) is 11.5 Å². The molecule has 0 heterocycles. The molecule has 0 spiro atoms. The number of hydrogen-bond donors (Lipinski definition) is 2. The third-order valence-electron chi connectivity index (χ3n) is 4.27. The van der Waals surface area contributed by atoms with Gasteiger partial charge in [-0.15, -0.1) is 0 Å². The van der Waals surface area contributed by atoms with Gasteiger partial charge in [-0.25, -0.2) is 10.6 Å². The summed E-state index contributed by atoms with van der Waals surface area (Å²) in [5.74, 6) is 6.61. The number of nitrogens with zero attached hydrogens (tertiary/aromatic N) is 2. The first-order valence-electron chi connectivity index (χ1n) is 9.30. The van der Waals surface area contributed by atoms with Crippen molar-refractivity contribution in [1.29, 1.82) is 0 Å². The van der Waals surface area contributed by atoms with Gasteiger partial charge in [0.1, 0.15) is 18.1 Å². The van der Waals surface area contributed by atoms with Crippen LogP contribution in [0.2, 0.25) is 0 Å². The van der Waals surface area contributed by atoms with E-state index in [0.29, 0.717) is 28.3 Å². The molecule has 0 unspecified atom stereocenters. The van der Waals surface area contributed by atoms with Crippen LogP contribution in [-0.4, -0.2) is 50.0 Å². The van der Waals surface area contributed by atoms with Gasteiger partial charge in [0, 0.05) is 39.0 Å². The Morgan fingerprint density at radius 3 is 2.47 bits per heavy atom. The predicted molar refractivity (Wildman–Crippen MR) is 117 cm³/mol. The zero-order chi connectivity index (χ0) is 22.3. The molecular weight excluding hydrogens is 384 g/mol. The van der Waals surface area contributed by atoms with E-state index in [4.69, 9.17) is 15.3 Å². The Bertz CT molecular complexity index is 939. The number of benzene rings is 2. The number of nitrogens with two attached hydrogens (primary N) is 1. The van der Waals surface area contributed by atoms with Gasteiger partial charge in [0.05, 0.1) is 18.4 Å². The second-order valence-electron chi connectivity index (χ2n) is 6.94. The number of urea groups is 1. The van der Waals surface area contributed by atoms with Crippen molar-refractivity contribution < 1.29 is 19.1 Å². The number of carbonyl (C=O) groups excluding carboxylic acids is 2. The Morgan fingerprint density at radius 1 is 1.13 bits per heavy atom. The van der Waals surface area contributed by atoms with Gasteiger partial charge in [-0.05, 0) is 42.8 Å². The van der Waals surface area contributed by atoms with E-state index >= 15 is 0 Å². The van der Waals surface area contributed by atoms with Gasteiger partial charge in [0.25, 0.3) is 0 Å². The van der Waals surface area contributed by atoms with Crippen molar-refractivity contribution in [3.05, 3.63) is 65.4 Å². The number of allylic oxidation sites excluding steroid dienone is 1. The summed E-state index contributed by atoms with van der Waals surface area (Å²) in [5, 5.41) is 3.68. The second-order valence-corrected chi connectivity index (χ2v) is 6.94. The van der Waals surface area contributed by atoms with Crippen LogP contribution < -0.4 is 20.6 Å². The molecular formula is C22H28N4O4. The third kappa shape index (κ3) is 5.99. The van der Waals surface area contributed by atoms with Crippen molar-refractivity contribution >= 4 is 17.5 Å². The van der Waals surface area contributed by atoms with Gasteiger partial charge in [-0.2, -0.15) is 0 Å². The minimum atomic E-state index is -0.464. The molecule has 2 aromatic carbocycles. The van der Waals surface area contributed by atoms with E-state index in [1.54, 1.807) is 54.6 Å². The highest BCUT2D eigenvalue weighted by molar-refractivity contribution is 6.04. The second kappa shape index (κ2) is 10.3. The molecule has 0 aliphatic rings. The van der Waals surface area contributed by atoms with Gasteiger partial charge < -0.3 is 19.7 Å². The summed E-state index contributed by atoms with van der Waals surface area (Å²) in [4.78, 5) is 26.0. The molecule has 160 valence electrons. The van der Waals surface area contributed by atoms with Crippen molar-refractivity contribution in [3.63, 3.8) is 0 Å². The molecule has 0 atom stereocenters. The molecule has 0 aromatic heterocycles. The molecule has 0 radical (unpaired) electrons. The number of ketones is 1. The van der Waals surface area contributed by atoms with E-state index in [0.717, 1.165) is 10.6 Å². The summed E-state index contributed by atoms with van der Waals surface area (Å²) in [6.07, 6.45) is 3.23. The van der Waals surface area contributed by atoms with Gasteiger partial charge >= 0.3 is 6.03 Å². The Morgan fingerprint density at radius 2 is 1.87 bits per heavy atom. The van der Waals surface area contributed by atoms with Crippen molar-refractivity contribution in [2.24, 2.45) is 5.84 Å². The molecule has 0 saturated carbocycles. The topological polar surface area (TPSA) is 97.1 Å². The molecule has 2 rings (SSSR count). The van der Waals surface area contributed by atoms with E-state index in [9.17, 15) is 9.59 Å². The molecule has 2 amide bonds. The van der Waals surface area contributed by atoms with Crippen LogP contribution in [0.15, 0.2) is 48.7 Å². The maximum absolute atomic E-state index is 12.3. The van der Waals surface area contributed by atoms with Crippen molar-refractivity contribution in [2.45, 2.75) is 13.5 Å². The van der Waals surface area contributed by atoms with Crippen LogP contribution in [0.4, 0.5) is 10.5 Å². The van der Waals surface area contributed by atoms with Crippen LogP contribution in [0.3, 0.4) is 0 Å². The summed E-state index contributed by atoms with van der Waals surface area (Å²) in [6, 6.07) is 10.1. The third-order valence-corrected chi connectivity index (χ3v) is 4.27. The fourth-order valence-corrected chi connectivity index (χ4v) is 2.65. The normalized spacial score (nSPS) is 10.6. The Balaban J connectivity index is 2.20. The number of anilines is 1. The lowest BCUT2D eigenvalue weighted by Crippen LogP contribution is -2.37.